The van der Waals surface area contributed by atoms with Gasteiger partial charge in [-0.15, -0.1) is 0 Å². The van der Waals surface area contributed by atoms with Gasteiger partial charge >= 0.3 is 7.12 Å². The van der Waals surface area contributed by atoms with E-state index in [9.17, 15) is 17.9 Å². The third-order valence-electron chi connectivity index (χ3n) is 6.11. The minimum Gasteiger partial charge on any atom is -0.399 e. The van der Waals surface area contributed by atoms with Gasteiger partial charge in [-0.25, -0.2) is 12.8 Å². The summed E-state index contributed by atoms with van der Waals surface area (Å²) in [6.07, 6.45) is 2.26. The average molecular weight is 398 g/mol. The summed E-state index contributed by atoms with van der Waals surface area (Å²) in [7, 11) is -4.46. The Morgan fingerprint density at radius 2 is 1.67 bits per heavy atom. The van der Waals surface area contributed by atoms with Crippen molar-refractivity contribution in [2.75, 3.05) is 5.75 Å². The van der Waals surface area contributed by atoms with Crippen LogP contribution in [0.15, 0.2) is 23.1 Å². The molecule has 1 N–H and O–H groups in total. The van der Waals surface area contributed by atoms with Gasteiger partial charge in [0.05, 0.1) is 28.0 Å². The first-order chi connectivity index (χ1) is 12.4. The fraction of sp³-hybridized carbons (Fsp3) is 0.684. The molecule has 2 fully saturated rings. The van der Waals surface area contributed by atoms with Crippen molar-refractivity contribution in [3.05, 3.63) is 24.0 Å². The third-order valence-corrected chi connectivity index (χ3v) is 7.99. The number of aliphatic hydroxyl groups excluding tert-OH is 1. The van der Waals surface area contributed by atoms with Gasteiger partial charge < -0.3 is 14.4 Å². The second kappa shape index (κ2) is 7.14. The summed E-state index contributed by atoms with van der Waals surface area (Å²) in [6, 6.07) is 3.93. The molecule has 0 spiro atoms. The Kier molecular flexibility index (Phi) is 5.49. The number of benzene rings is 1. The number of hydrogen-bond donors (Lipinski definition) is 1. The average Bonchev–Trinajstić information content (AvgIpc) is 2.77. The van der Waals surface area contributed by atoms with Crippen LogP contribution >= 0.6 is 0 Å². The SMILES string of the molecule is CC1(C)OB(c2ccc(S(=O)(=O)CC3CCC(O)CC3)cc2F)OC1(C)C. The molecule has 0 radical (unpaired) electrons. The molecule has 1 heterocycles. The van der Waals surface area contributed by atoms with Crippen molar-refractivity contribution in [1.82, 2.24) is 0 Å². The molecule has 5 nitrogen and oxygen atoms in total. The zero-order valence-electron chi connectivity index (χ0n) is 16.4. The standard InChI is InChI=1S/C19H28BFO5S/c1-18(2)19(3,4)26-20(25-18)16-10-9-15(11-17(16)21)27(23,24)12-13-5-7-14(22)8-6-13/h9-11,13-14,22H,5-8,12H2,1-4H3. The fourth-order valence-electron chi connectivity index (χ4n) is 3.58. The van der Waals surface area contributed by atoms with E-state index in [0.717, 1.165) is 6.07 Å². The Hall–Kier alpha value is -0.955. The van der Waals surface area contributed by atoms with Gasteiger partial charge in [0.25, 0.3) is 0 Å². The number of aliphatic hydroxyl groups is 1. The molecule has 27 heavy (non-hydrogen) atoms. The second-order valence-corrected chi connectivity index (χ2v) is 10.8. The largest absolute Gasteiger partial charge is 0.497 e. The molecule has 1 aliphatic carbocycles. The van der Waals surface area contributed by atoms with E-state index >= 15 is 0 Å². The highest BCUT2D eigenvalue weighted by Crippen LogP contribution is 2.36. The van der Waals surface area contributed by atoms with Crippen LogP contribution in [-0.2, 0) is 19.1 Å². The fourth-order valence-corrected chi connectivity index (χ4v) is 5.29. The van der Waals surface area contributed by atoms with Gasteiger partial charge in [-0.2, -0.15) is 0 Å². The molecular formula is C19H28BFO5S. The first-order valence-corrected chi connectivity index (χ1v) is 11.1. The molecule has 0 aromatic heterocycles. The Bertz CT molecular complexity index is 784. The molecule has 8 heteroatoms. The summed E-state index contributed by atoms with van der Waals surface area (Å²) in [6.45, 7) is 7.52. The summed E-state index contributed by atoms with van der Waals surface area (Å²) >= 11 is 0. The van der Waals surface area contributed by atoms with Crippen molar-refractivity contribution in [3.63, 3.8) is 0 Å². The minimum absolute atomic E-state index is 0.00392. The third kappa shape index (κ3) is 4.23. The molecule has 1 aromatic rings. The minimum atomic E-state index is -3.59. The summed E-state index contributed by atoms with van der Waals surface area (Å²) in [5.74, 6) is -0.660. The van der Waals surface area contributed by atoms with Crippen molar-refractivity contribution >= 4 is 22.4 Å². The molecule has 3 rings (SSSR count). The Labute approximate surface area is 161 Å². The predicted octanol–water partition coefficient (Wildman–Crippen LogP) is 2.45. The van der Waals surface area contributed by atoms with Gasteiger partial charge in [0, 0.05) is 5.46 Å². The number of halogens is 1. The van der Waals surface area contributed by atoms with E-state index in [2.05, 4.69) is 0 Å². The molecule has 0 amide bonds. The van der Waals surface area contributed by atoms with Gasteiger partial charge in [0.15, 0.2) is 9.84 Å². The van der Waals surface area contributed by atoms with Crippen molar-refractivity contribution in [3.8, 4) is 0 Å². The Morgan fingerprint density at radius 3 is 2.19 bits per heavy atom. The highest BCUT2D eigenvalue weighted by Gasteiger charge is 2.52. The lowest BCUT2D eigenvalue weighted by atomic mass is 9.79. The van der Waals surface area contributed by atoms with Gasteiger partial charge in [-0.3, -0.25) is 0 Å². The van der Waals surface area contributed by atoms with Crippen molar-refractivity contribution in [2.24, 2.45) is 5.92 Å². The first-order valence-electron chi connectivity index (χ1n) is 9.47. The van der Waals surface area contributed by atoms with Crippen LogP contribution in [0, 0.1) is 11.7 Å². The van der Waals surface area contributed by atoms with Crippen LogP contribution in [0.4, 0.5) is 4.39 Å². The molecule has 0 atom stereocenters. The molecule has 1 aliphatic heterocycles. The van der Waals surface area contributed by atoms with Crippen LogP contribution in [-0.4, -0.2) is 43.7 Å². The van der Waals surface area contributed by atoms with Crippen LogP contribution in [0.5, 0.6) is 0 Å². The molecule has 1 saturated heterocycles. The molecule has 150 valence electrons. The molecular weight excluding hydrogens is 370 g/mol. The van der Waals surface area contributed by atoms with E-state index in [1.54, 1.807) is 0 Å². The van der Waals surface area contributed by atoms with E-state index in [4.69, 9.17) is 9.31 Å². The lowest BCUT2D eigenvalue weighted by Gasteiger charge is -2.32. The zero-order chi connectivity index (χ0) is 20.0. The van der Waals surface area contributed by atoms with E-state index < -0.39 is 34.0 Å². The molecule has 2 aliphatic rings. The first kappa shape index (κ1) is 20.8. The van der Waals surface area contributed by atoms with Gasteiger partial charge in [0.1, 0.15) is 5.82 Å². The summed E-state index contributed by atoms with van der Waals surface area (Å²) < 4.78 is 51.8. The van der Waals surface area contributed by atoms with Crippen LogP contribution in [0.25, 0.3) is 0 Å². The number of sulfone groups is 1. The number of rotatable bonds is 4. The maximum Gasteiger partial charge on any atom is 0.497 e. The van der Waals surface area contributed by atoms with Crippen LogP contribution in [0.3, 0.4) is 0 Å². The summed E-state index contributed by atoms with van der Waals surface area (Å²) in [5.41, 5.74) is -0.991. The lowest BCUT2D eigenvalue weighted by Crippen LogP contribution is -2.41. The molecule has 0 bridgehead atoms. The quantitative estimate of drug-likeness (QED) is 0.789. The molecule has 1 saturated carbocycles. The monoisotopic (exact) mass is 398 g/mol. The van der Waals surface area contributed by atoms with E-state index in [1.165, 1.54) is 12.1 Å². The van der Waals surface area contributed by atoms with Crippen LogP contribution in [0.1, 0.15) is 53.4 Å². The van der Waals surface area contributed by atoms with Crippen molar-refractivity contribution < 1.29 is 27.2 Å². The van der Waals surface area contributed by atoms with Crippen LogP contribution < -0.4 is 5.46 Å². The maximum absolute atomic E-state index is 14.7. The highest BCUT2D eigenvalue weighted by molar-refractivity contribution is 7.91. The lowest BCUT2D eigenvalue weighted by molar-refractivity contribution is 0.00578. The predicted molar refractivity (Wildman–Crippen MR) is 102 cm³/mol. The van der Waals surface area contributed by atoms with E-state index in [-0.39, 0.29) is 28.1 Å². The highest BCUT2D eigenvalue weighted by atomic mass is 32.2. The van der Waals surface area contributed by atoms with Crippen molar-refractivity contribution in [2.45, 2.75) is 75.6 Å². The maximum atomic E-state index is 14.7. The van der Waals surface area contributed by atoms with Gasteiger partial charge in [-0.1, -0.05) is 6.07 Å². The van der Waals surface area contributed by atoms with Crippen LogP contribution in [0.2, 0.25) is 0 Å². The second-order valence-electron chi connectivity index (χ2n) is 8.73. The van der Waals surface area contributed by atoms with Gasteiger partial charge in [-0.05, 0) is 71.4 Å². The molecule has 1 aromatic carbocycles. The number of hydrogen-bond acceptors (Lipinski definition) is 5. The normalized spacial score (nSPS) is 27.7. The molecule has 0 unspecified atom stereocenters. The smallest absolute Gasteiger partial charge is 0.399 e. The van der Waals surface area contributed by atoms with Crippen molar-refractivity contribution in [1.29, 1.82) is 0 Å². The Balaban J connectivity index is 1.77. The zero-order valence-corrected chi connectivity index (χ0v) is 17.2. The van der Waals surface area contributed by atoms with E-state index in [1.807, 2.05) is 27.7 Å². The Morgan fingerprint density at radius 1 is 1.11 bits per heavy atom. The summed E-state index contributed by atoms with van der Waals surface area (Å²) in [5, 5.41) is 9.56. The van der Waals surface area contributed by atoms with E-state index in [0.29, 0.717) is 25.7 Å². The summed E-state index contributed by atoms with van der Waals surface area (Å²) in [4.78, 5) is -0.0219. The van der Waals surface area contributed by atoms with Gasteiger partial charge in [0.2, 0.25) is 0 Å². The topological polar surface area (TPSA) is 72.8 Å².